The first-order valence-corrected chi connectivity index (χ1v) is 7.92. The maximum atomic E-state index is 12.1. The van der Waals surface area contributed by atoms with E-state index in [1.165, 1.54) is 31.4 Å². The first kappa shape index (κ1) is 14.2. The molecule has 3 rings (SSSR count). The third-order valence-electron chi connectivity index (χ3n) is 4.48. The normalized spacial score (nSPS) is 32.0. The Morgan fingerprint density at radius 3 is 2.25 bits per heavy atom. The first-order chi connectivity index (χ1) is 9.39. The second kappa shape index (κ2) is 4.93. The summed E-state index contributed by atoms with van der Waals surface area (Å²) in [4.78, 5) is 0. The zero-order valence-corrected chi connectivity index (χ0v) is 12.5. The average molecular weight is 349 g/mol. The highest BCUT2D eigenvalue weighted by Crippen LogP contribution is 2.61. The highest BCUT2D eigenvalue weighted by Gasteiger charge is 2.52. The molecule has 0 bridgehead atoms. The molecule has 0 heterocycles. The fourth-order valence-electron chi connectivity index (χ4n) is 3.55. The van der Waals surface area contributed by atoms with Crippen LogP contribution in [0.4, 0.5) is 13.2 Å². The molecule has 0 amide bonds. The Hall–Kier alpha value is -0.710. The summed E-state index contributed by atoms with van der Waals surface area (Å²) < 4.78 is 40.2. The molecule has 1 aromatic rings. The van der Waals surface area contributed by atoms with Crippen LogP contribution >= 0.6 is 15.9 Å². The largest absolute Gasteiger partial charge is 0.573 e. The molecule has 2 saturated carbocycles. The average Bonchev–Trinajstić information content (AvgIpc) is 2.98. The minimum Gasteiger partial charge on any atom is -0.406 e. The number of alkyl halides is 4. The fraction of sp³-hybridized carbons (Fsp3) is 0.600. The van der Waals surface area contributed by atoms with Gasteiger partial charge in [0.05, 0.1) is 0 Å². The highest BCUT2D eigenvalue weighted by molar-refractivity contribution is 9.09. The summed E-state index contributed by atoms with van der Waals surface area (Å²) in [6.45, 7) is 0. The highest BCUT2D eigenvalue weighted by atomic mass is 79.9. The maximum Gasteiger partial charge on any atom is 0.573 e. The first-order valence-electron chi connectivity index (χ1n) is 6.80. The Morgan fingerprint density at radius 1 is 1.15 bits per heavy atom. The summed E-state index contributed by atoms with van der Waals surface area (Å²) in [6, 6.07) is 6.30. The zero-order chi connectivity index (χ0) is 14.4. The molecule has 2 unspecified atom stereocenters. The second-order valence-corrected chi connectivity index (χ2v) is 6.73. The summed E-state index contributed by atoms with van der Waals surface area (Å²) in [7, 11) is 0. The topological polar surface area (TPSA) is 9.23 Å². The van der Waals surface area contributed by atoms with Gasteiger partial charge < -0.3 is 4.74 Å². The van der Waals surface area contributed by atoms with Crippen LogP contribution in [0.25, 0.3) is 0 Å². The number of halogens is 4. The number of rotatable bonds is 4. The summed E-state index contributed by atoms with van der Waals surface area (Å²) in [5.74, 6) is 1.63. The van der Waals surface area contributed by atoms with Gasteiger partial charge in [-0.1, -0.05) is 28.1 Å². The minimum atomic E-state index is -4.62. The van der Waals surface area contributed by atoms with Gasteiger partial charge in [0, 0.05) is 5.33 Å². The van der Waals surface area contributed by atoms with E-state index in [0.717, 1.165) is 29.2 Å². The lowest BCUT2D eigenvalue weighted by molar-refractivity contribution is -0.274. The molecule has 0 radical (unpaired) electrons. The van der Waals surface area contributed by atoms with Gasteiger partial charge in [-0.05, 0) is 60.6 Å². The molecular formula is C15H16BrF3O. The molecule has 20 heavy (non-hydrogen) atoms. The molecule has 2 aliphatic carbocycles. The molecule has 1 nitrogen and oxygen atoms in total. The third-order valence-corrected chi connectivity index (χ3v) is 5.67. The van der Waals surface area contributed by atoms with Crippen molar-refractivity contribution in [3.63, 3.8) is 0 Å². The Kier molecular flexibility index (Phi) is 3.51. The molecule has 0 aromatic heterocycles. The van der Waals surface area contributed by atoms with Crippen molar-refractivity contribution >= 4 is 15.9 Å². The van der Waals surface area contributed by atoms with Crippen molar-refractivity contribution in [2.75, 3.05) is 5.33 Å². The van der Waals surface area contributed by atoms with E-state index in [2.05, 4.69) is 20.7 Å². The number of hydrogen-bond donors (Lipinski definition) is 0. The zero-order valence-electron chi connectivity index (χ0n) is 10.9. The van der Waals surface area contributed by atoms with Crippen LogP contribution in [-0.4, -0.2) is 11.7 Å². The molecule has 0 aliphatic heterocycles. The Balaban J connectivity index is 1.66. The molecule has 5 heteroatoms. The van der Waals surface area contributed by atoms with Crippen molar-refractivity contribution in [2.24, 2.45) is 17.3 Å². The van der Waals surface area contributed by atoms with Crippen molar-refractivity contribution in [3.8, 4) is 5.75 Å². The summed E-state index contributed by atoms with van der Waals surface area (Å²) in [6.07, 6.45) is 0.156. The van der Waals surface area contributed by atoms with E-state index < -0.39 is 6.36 Å². The van der Waals surface area contributed by atoms with E-state index >= 15 is 0 Å². The number of fused-ring (bicyclic) bond motifs is 1. The lowest BCUT2D eigenvalue weighted by atomic mass is 9.79. The van der Waals surface area contributed by atoms with Crippen molar-refractivity contribution in [3.05, 3.63) is 29.8 Å². The van der Waals surface area contributed by atoms with Crippen LogP contribution in [0, 0.1) is 17.3 Å². The van der Waals surface area contributed by atoms with Crippen molar-refractivity contribution < 1.29 is 17.9 Å². The molecule has 0 saturated heterocycles. The monoisotopic (exact) mass is 348 g/mol. The Bertz CT molecular complexity index is 473. The van der Waals surface area contributed by atoms with Gasteiger partial charge in [0.1, 0.15) is 5.75 Å². The maximum absolute atomic E-state index is 12.1. The molecular weight excluding hydrogens is 333 g/mol. The fourth-order valence-corrected chi connectivity index (χ4v) is 4.20. The summed E-state index contributed by atoms with van der Waals surface area (Å²) >= 11 is 3.62. The van der Waals surface area contributed by atoms with Gasteiger partial charge in [0.2, 0.25) is 0 Å². The van der Waals surface area contributed by atoms with Gasteiger partial charge in [0.15, 0.2) is 0 Å². The van der Waals surface area contributed by atoms with E-state index in [0.29, 0.717) is 5.41 Å². The second-order valence-electron chi connectivity index (χ2n) is 6.17. The van der Waals surface area contributed by atoms with E-state index in [4.69, 9.17) is 0 Å². The van der Waals surface area contributed by atoms with Gasteiger partial charge in [0.25, 0.3) is 0 Å². The molecule has 0 spiro atoms. The molecule has 2 fully saturated rings. The standard InChI is InChI=1S/C15H16BrF3O/c16-9-14(7-11-5-12(11)8-14)6-10-1-3-13(4-2-10)20-15(17,18)19/h1-4,11-12H,5-9H2. The van der Waals surface area contributed by atoms with Crippen LogP contribution in [0.1, 0.15) is 24.8 Å². The van der Waals surface area contributed by atoms with Gasteiger partial charge in [-0.25, -0.2) is 0 Å². The van der Waals surface area contributed by atoms with E-state index in [1.54, 1.807) is 12.1 Å². The van der Waals surface area contributed by atoms with Gasteiger partial charge >= 0.3 is 6.36 Å². The van der Waals surface area contributed by atoms with Crippen LogP contribution in [-0.2, 0) is 6.42 Å². The number of hydrogen-bond acceptors (Lipinski definition) is 1. The van der Waals surface area contributed by atoms with Crippen molar-refractivity contribution in [2.45, 2.75) is 32.0 Å². The summed E-state index contributed by atoms with van der Waals surface area (Å²) in [5, 5.41) is 0.966. The van der Waals surface area contributed by atoms with Crippen molar-refractivity contribution in [1.29, 1.82) is 0 Å². The molecule has 0 N–H and O–H groups in total. The third kappa shape index (κ3) is 3.13. The van der Waals surface area contributed by atoms with E-state index in [1.807, 2.05) is 0 Å². The van der Waals surface area contributed by atoms with Crippen molar-refractivity contribution in [1.82, 2.24) is 0 Å². The predicted octanol–water partition coefficient (Wildman–Crippen LogP) is 4.94. The lowest BCUT2D eigenvalue weighted by Gasteiger charge is -2.29. The SMILES string of the molecule is FC(F)(F)Oc1ccc(CC2(CBr)CC3CC3C2)cc1. The quantitative estimate of drug-likeness (QED) is 0.700. The molecule has 2 atom stereocenters. The van der Waals surface area contributed by atoms with Crippen LogP contribution in [0.15, 0.2) is 24.3 Å². The number of ether oxygens (including phenoxy) is 1. The Labute approximate surface area is 124 Å². The van der Waals surface area contributed by atoms with E-state index in [-0.39, 0.29) is 5.75 Å². The van der Waals surface area contributed by atoms with Crippen LogP contribution in [0.5, 0.6) is 5.75 Å². The lowest BCUT2D eigenvalue weighted by Crippen LogP contribution is -2.23. The van der Waals surface area contributed by atoms with E-state index in [9.17, 15) is 13.2 Å². The van der Waals surface area contributed by atoms with Crippen LogP contribution in [0.2, 0.25) is 0 Å². The van der Waals surface area contributed by atoms with Gasteiger partial charge in [-0.3, -0.25) is 0 Å². The predicted molar refractivity (Wildman–Crippen MR) is 73.9 cm³/mol. The van der Waals surface area contributed by atoms with Crippen LogP contribution < -0.4 is 4.74 Å². The molecule has 2 aliphatic rings. The van der Waals surface area contributed by atoms with Gasteiger partial charge in [-0.2, -0.15) is 0 Å². The minimum absolute atomic E-state index is 0.150. The summed E-state index contributed by atoms with van der Waals surface area (Å²) in [5.41, 5.74) is 1.38. The van der Waals surface area contributed by atoms with Gasteiger partial charge in [-0.15, -0.1) is 13.2 Å². The molecule has 1 aromatic carbocycles. The van der Waals surface area contributed by atoms with Crippen LogP contribution in [0.3, 0.4) is 0 Å². The molecule has 110 valence electrons. The smallest absolute Gasteiger partial charge is 0.406 e. The number of benzene rings is 1. The Morgan fingerprint density at radius 2 is 1.75 bits per heavy atom.